The van der Waals surface area contributed by atoms with Gasteiger partial charge < -0.3 is 20.5 Å². The third-order valence-corrected chi connectivity index (χ3v) is 2.39. The van der Waals surface area contributed by atoms with E-state index in [-0.39, 0.29) is 0 Å². The smallest absolute Gasteiger partial charge is 0.326 e. The second-order valence-electron chi connectivity index (χ2n) is 4.70. The maximum absolute atomic E-state index is 11.5. The van der Waals surface area contributed by atoms with Crippen molar-refractivity contribution >= 4 is 12.0 Å². The fourth-order valence-electron chi connectivity index (χ4n) is 1.49. The zero-order chi connectivity index (χ0) is 14.2. The largest absolute Gasteiger partial charge is 0.480 e. The molecule has 0 aromatic carbocycles. The minimum Gasteiger partial charge on any atom is -0.480 e. The fourth-order valence-corrected chi connectivity index (χ4v) is 1.49. The van der Waals surface area contributed by atoms with Gasteiger partial charge in [-0.05, 0) is 27.2 Å². The Morgan fingerprint density at radius 1 is 1.33 bits per heavy atom. The van der Waals surface area contributed by atoms with Crippen molar-refractivity contribution in [2.75, 3.05) is 13.2 Å². The number of carbonyl (C=O) groups is 2. The van der Waals surface area contributed by atoms with Crippen molar-refractivity contribution in [2.45, 2.75) is 52.2 Å². The molecule has 0 spiro atoms. The van der Waals surface area contributed by atoms with Gasteiger partial charge in [-0.3, -0.25) is 0 Å². The Morgan fingerprint density at radius 2 is 1.94 bits per heavy atom. The van der Waals surface area contributed by atoms with Crippen molar-refractivity contribution in [3.05, 3.63) is 0 Å². The number of hydrogen-bond donors (Lipinski definition) is 3. The average Bonchev–Trinajstić information content (AvgIpc) is 2.26. The van der Waals surface area contributed by atoms with Gasteiger partial charge in [0.05, 0.1) is 5.60 Å². The summed E-state index contributed by atoms with van der Waals surface area (Å²) in [6.07, 6.45) is 1.11. The molecule has 0 saturated heterocycles. The Balaban J connectivity index is 4.13. The molecular weight excluding hydrogens is 236 g/mol. The van der Waals surface area contributed by atoms with Crippen molar-refractivity contribution in [2.24, 2.45) is 0 Å². The summed E-state index contributed by atoms with van der Waals surface area (Å²) in [5.74, 6) is -1.02. The van der Waals surface area contributed by atoms with E-state index in [0.29, 0.717) is 26.0 Å². The zero-order valence-electron chi connectivity index (χ0n) is 11.6. The maximum atomic E-state index is 11.5. The van der Waals surface area contributed by atoms with E-state index < -0.39 is 23.6 Å². The van der Waals surface area contributed by atoms with Gasteiger partial charge in [0.1, 0.15) is 6.04 Å². The first-order valence-corrected chi connectivity index (χ1v) is 6.23. The molecule has 18 heavy (non-hydrogen) atoms. The van der Waals surface area contributed by atoms with Gasteiger partial charge >= 0.3 is 12.0 Å². The lowest BCUT2D eigenvalue weighted by Crippen LogP contribution is -2.49. The van der Waals surface area contributed by atoms with E-state index in [1.807, 2.05) is 27.7 Å². The molecule has 0 aliphatic carbocycles. The predicted octanol–water partition coefficient (Wildman–Crippen LogP) is 1.35. The van der Waals surface area contributed by atoms with Crippen molar-refractivity contribution in [3.8, 4) is 0 Å². The molecule has 0 heterocycles. The molecule has 0 aliphatic heterocycles. The van der Waals surface area contributed by atoms with E-state index in [1.54, 1.807) is 0 Å². The van der Waals surface area contributed by atoms with Gasteiger partial charge in [0.25, 0.3) is 0 Å². The molecule has 0 unspecified atom stereocenters. The van der Waals surface area contributed by atoms with E-state index in [2.05, 4.69) is 10.6 Å². The van der Waals surface area contributed by atoms with Gasteiger partial charge in [-0.15, -0.1) is 0 Å². The van der Waals surface area contributed by atoms with Crippen LogP contribution in [-0.2, 0) is 9.53 Å². The summed E-state index contributed by atoms with van der Waals surface area (Å²) in [6.45, 7) is 8.35. The van der Waals surface area contributed by atoms with Crippen LogP contribution >= 0.6 is 0 Å². The molecule has 6 nitrogen and oxygen atoms in total. The Bertz CT molecular complexity index is 279. The van der Waals surface area contributed by atoms with E-state index >= 15 is 0 Å². The van der Waals surface area contributed by atoms with Crippen LogP contribution in [0.15, 0.2) is 0 Å². The predicted molar refractivity (Wildman–Crippen MR) is 68.6 cm³/mol. The summed E-state index contributed by atoms with van der Waals surface area (Å²) < 4.78 is 5.42. The number of rotatable bonds is 8. The Kier molecular flexibility index (Phi) is 7.35. The summed E-state index contributed by atoms with van der Waals surface area (Å²) in [5.41, 5.74) is -0.463. The standard InChI is InChI=1S/C12H24N2O4/c1-5-7-9(10(15)16)14-11(17)13-8-12(3,4)18-6-2/h9H,5-8H2,1-4H3,(H,15,16)(H2,13,14,17)/t9-/m1/s1. The number of aliphatic carboxylic acids is 1. The first-order valence-electron chi connectivity index (χ1n) is 6.23. The summed E-state index contributed by atoms with van der Waals surface area (Å²) >= 11 is 0. The molecule has 0 aromatic heterocycles. The number of ether oxygens (including phenoxy) is 1. The average molecular weight is 260 g/mol. The molecule has 2 amide bonds. The first kappa shape index (κ1) is 16.7. The highest BCUT2D eigenvalue weighted by molar-refractivity contribution is 5.82. The molecule has 0 radical (unpaired) electrons. The number of carboxylic acid groups (broad SMARTS) is 1. The van der Waals surface area contributed by atoms with Gasteiger partial charge in [-0.25, -0.2) is 9.59 Å². The monoisotopic (exact) mass is 260 g/mol. The van der Waals surface area contributed by atoms with Gasteiger partial charge in [0.15, 0.2) is 0 Å². The first-order chi connectivity index (χ1) is 8.32. The van der Waals surface area contributed by atoms with Crippen LogP contribution in [0, 0.1) is 0 Å². The van der Waals surface area contributed by atoms with Crippen LogP contribution < -0.4 is 10.6 Å². The minimum atomic E-state index is -1.02. The third kappa shape index (κ3) is 7.11. The van der Waals surface area contributed by atoms with Crippen molar-refractivity contribution in [1.82, 2.24) is 10.6 Å². The van der Waals surface area contributed by atoms with E-state index in [1.165, 1.54) is 0 Å². The molecule has 106 valence electrons. The highest BCUT2D eigenvalue weighted by Gasteiger charge is 2.21. The highest BCUT2D eigenvalue weighted by Crippen LogP contribution is 2.06. The molecule has 3 N–H and O–H groups in total. The lowest BCUT2D eigenvalue weighted by atomic mass is 10.1. The summed E-state index contributed by atoms with van der Waals surface area (Å²) in [5, 5.41) is 13.9. The second-order valence-corrected chi connectivity index (χ2v) is 4.70. The summed E-state index contributed by atoms with van der Waals surface area (Å²) in [6, 6.07) is -1.33. The van der Waals surface area contributed by atoms with E-state index in [0.717, 1.165) is 0 Å². The second kappa shape index (κ2) is 7.92. The van der Waals surface area contributed by atoms with Gasteiger partial charge in [-0.2, -0.15) is 0 Å². The fraction of sp³-hybridized carbons (Fsp3) is 0.833. The van der Waals surface area contributed by atoms with E-state index in [4.69, 9.17) is 9.84 Å². The van der Waals surface area contributed by atoms with Gasteiger partial charge in [-0.1, -0.05) is 13.3 Å². The molecule has 0 rings (SSSR count). The molecule has 0 bridgehead atoms. The van der Waals surface area contributed by atoms with Crippen molar-refractivity contribution < 1.29 is 19.4 Å². The highest BCUT2D eigenvalue weighted by atomic mass is 16.5. The molecule has 0 aliphatic rings. The number of carbonyl (C=O) groups excluding carboxylic acids is 1. The van der Waals surface area contributed by atoms with Crippen LogP contribution in [0.3, 0.4) is 0 Å². The Morgan fingerprint density at radius 3 is 2.39 bits per heavy atom. The Hall–Kier alpha value is -1.30. The zero-order valence-corrected chi connectivity index (χ0v) is 11.6. The SMILES string of the molecule is CCC[C@@H](NC(=O)NCC(C)(C)OCC)C(=O)O. The molecule has 1 atom stereocenters. The van der Waals surface area contributed by atoms with Gasteiger partial charge in [0.2, 0.25) is 0 Å². The summed E-state index contributed by atoms with van der Waals surface area (Å²) in [7, 11) is 0. The van der Waals surface area contributed by atoms with Crippen LogP contribution in [0.1, 0.15) is 40.5 Å². The third-order valence-electron chi connectivity index (χ3n) is 2.39. The Labute approximate surface area is 108 Å². The molecule has 0 fully saturated rings. The molecule has 0 saturated carbocycles. The number of urea groups is 1. The van der Waals surface area contributed by atoms with Gasteiger partial charge in [0, 0.05) is 13.2 Å². The van der Waals surface area contributed by atoms with Crippen LogP contribution in [0.4, 0.5) is 4.79 Å². The van der Waals surface area contributed by atoms with Crippen LogP contribution in [0.2, 0.25) is 0 Å². The number of amides is 2. The molecule has 6 heteroatoms. The maximum Gasteiger partial charge on any atom is 0.326 e. The van der Waals surface area contributed by atoms with E-state index in [9.17, 15) is 9.59 Å². The molecule has 0 aromatic rings. The van der Waals surface area contributed by atoms with Crippen LogP contribution in [0.5, 0.6) is 0 Å². The topological polar surface area (TPSA) is 87.7 Å². The summed E-state index contributed by atoms with van der Waals surface area (Å²) in [4.78, 5) is 22.4. The lowest BCUT2D eigenvalue weighted by Gasteiger charge is -2.25. The molecular formula is C12H24N2O4. The number of hydrogen-bond acceptors (Lipinski definition) is 3. The number of carboxylic acids is 1. The number of nitrogens with one attached hydrogen (secondary N) is 2. The quantitative estimate of drug-likeness (QED) is 0.615. The van der Waals surface area contributed by atoms with Crippen molar-refractivity contribution in [3.63, 3.8) is 0 Å². The normalized spacial score (nSPS) is 12.9. The van der Waals surface area contributed by atoms with Crippen molar-refractivity contribution in [1.29, 1.82) is 0 Å². The van der Waals surface area contributed by atoms with Crippen LogP contribution in [0.25, 0.3) is 0 Å². The minimum absolute atomic E-state index is 0.325. The lowest BCUT2D eigenvalue weighted by molar-refractivity contribution is -0.139. The van der Waals surface area contributed by atoms with Crippen LogP contribution in [-0.4, -0.2) is 41.9 Å².